The number of carbonyl (C=O) groups is 1. The summed E-state index contributed by atoms with van der Waals surface area (Å²) in [5, 5.41) is 7.42. The summed E-state index contributed by atoms with van der Waals surface area (Å²) in [5.74, 6) is 0. The van der Waals surface area contributed by atoms with E-state index in [9.17, 15) is 9.59 Å². The van der Waals surface area contributed by atoms with Crippen molar-refractivity contribution in [2.75, 3.05) is 4.90 Å². The highest BCUT2D eigenvalue weighted by molar-refractivity contribution is 5.93. The zero-order chi connectivity index (χ0) is 16.1. The molecule has 0 spiro atoms. The molecule has 7 nitrogen and oxygen atoms in total. The lowest BCUT2D eigenvalue weighted by Gasteiger charge is -2.25. The summed E-state index contributed by atoms with van der Waals surface area (Å²) in [6, 6.07) is 8.51. The van der Waals surface area contributed by atoms with Gasteiger partial charge in [0.05, 0.1) is 6.54 Å². The quantitative estimate of drug-likeness (QED) is 0.624. The molecule has 1 heterocycles. The van der Waals surface area contributed by atoms with E-state index in [2.05, 4.69) is 17.0 Å². The van der Waals surface area contributed by atoms with E-state index in [1.54, 1.807) is 6.08 Å². The number of carbonyl (C=O) groups excluding carboxylic acids is 1. The highest BCUT2D eigenvalue weighted by Gasteiger charge is 2.24. The number of tetrazole rings is 1. The summed E-state index contributed by atoms with van der Waals surface area (Å²) in [5.41, 5.74) is 0.156. The number of aromatic nitrogens is 4. The molecule has 0 saturated heterocycles. The molecular weight excluding hydrogens is 282 g/mol. The van der Waals surface area contributed by atoms with Crippen molar-refractivity contribution in [1.82, 2.24) is 19.8 Å². The smallest absolute Gasteiger partial charge is 0.290 e. The molecule has 0 N–H and O–H groups in total. The Kier molecular flexibility index (Phi) is 4.88. The maximum Gasteiger partial charge on any atom is 0.372 e. The molecule has 0 fully saturated rings. The Morgan fingerprint density at radius 2 is 2.00 bits per heavy atom. The summed E-state index contributed by atoms with van der Waals surface area (Å²) in [6.07, 6.45) is 2.26. The number of hydrogen-bond donors (Lipinski definition) is 0. The van der Waals surface area contributed by atoms with Crippen molar-refractivity contribution in [2.24, 2.45) is 0 Å². The third kappa shape index (κ3) is 3.13. The zero-order valence-electron chi connectivity index (χ0n) is 12.7. The first-order chi connectivity index (χ1) is 10.6. The first kappa shape index (κ1) is 15.7. The summed E-state index contributed by atoms with van der Waals surface area (Å²) >= 11 is 0. The molecule has 1 aromatic heterocycles. The number of allylic oxidation sites excluding steroid dienone is 1. The number of nitrogens with zero attached hydrogens (tertiary/aromatic N) is 5. The highest BCUT2D eigenvalue weighted by Crippen LogP contribution is 2.17. The van der Waals surface area contributed by atoms with Crippen molar-refractivity contribution in [1.29, 1.82) is 0 Å². The van der Waals surface area contributed by atoms with Crippen molar-refractivity contribution in [3.8, 4) is 0 Å². The van der Waals surface area contributed by atoms with Gasteiger partial charge in [-0.05, 0) is 42.8 Å². The number of rotatable bonds is 5. The minimum atomic E-state index is -0.548. The second-order valence-corrected chi connectivity index (χ2v) is 5.06. The minimum absolute atomic E-state index is 0.125. The predicted molar refractivity (Wildman–Crippen MR) is 83.9 cm³/mol. The third-order valence-electron chi connectivity index (χ3n) is 3.12. The first-order valence-corrected chi connectivity index (χ1v) is 7.08. The van der Waals surface area contributed by atoms with Crippen LogP contribution in [0.3, 0.4) is 0 Å². The largest absolute Gasteiger partial charge is 0.372 e. The predicted octanol–water partition coefficient (Wildman–Crippen LogP) is 1.90. The maximum absolute atomic E-state index is 12.6. The maximum atomic E-state index is 12.6. The van der Waals surface area contributed by atoms with E-state index < -0.39 is 11.7 Å². The Labute approximate surface area is 128 Å². The number of amides is 1. The summed E-state index contributed by atoms with van der Waals surface area (Å²) in [7, 11) is 0. The fraction of sp³-hybridized carbons (Fsp3) is 0.333. The molecule has 1 aromatic carbocycles. The number of anilines is 1. The molecule has 0 atom stereocenters. The molecule has 0 aliphatic heterocycles. The number of aryl methyl sites for hydroxylation is 1. The standard InChI is InChI=1S/C15H19N5O2/c1-4-5-11-18-14(21)20(17-16-18)15(22)19(12(2)3)13-9-7-6-8-10-13/h4,6-10,12H,1,5,11H2,2-3H3. The summed E-state index contributed by atoms with van der Waals surface area (Å²) in [4.78, 5) is 26.3. The third-order valence-corrected chi connectivity index (χ3v) is 3.12. The average Bonchev–Trinajstić information content (AvgIpc) is 2.87. The Balaban J connectivity index is 2.35. The number of hydrogen-bond acceptors (Lipinski definition) is 4. The normalized spacial score (nSPS) is 10.7. The lowest BCUT2D eigenvalue weighted by molar-refractivity contribution is 0.242. The van der Waals surface area contributed by atoms with Crippen molar-refractivity contribution >= 4 is 11.7 Å². The van der Waals surface area contributed by atoms with Crippen LogP contribution >= 0.6 is 0 Å². The van der Waals surface area contributed by atoms with E-state index in [-0.39, 0.29) is 6.04 Å². The van der Waals surface area contributed by atoms with E-state index in [1.807, 2.05) is 44.2 Å². The lowest BCUT2D eigenvalue weighted by atomic mass is 10.2. The van der Waals surface area contributed by atoms with Gasteiger partial charge in [0, 0.05) is 11.7 Å². The Hall–Kier alpha value is -2.70. The molecule has 0 saturated carbocycles. The van der Waals surface area contributed by atoms with Crippen LogP contribution in [0, 0.1) is 0 Å². The fourth-order valence-electron chi connectivity index (χ4n) is 2.07. The molecule has 0 unspecified atom stereocenters. The minimum Gasteiger partial charge on any atom is -0.290 e. The second-order valence-electron chi connectivity index (χ2n) is 5.06. The molecule has 22 heavy (non-hydrogen) atoms. The van der Waals surface area contributed by atoms with Gasteiger partial charge in [0.15, 0.2) is 0 Å². The van der Waals surface area contributed by atoms with Gasteiger partial charge in [-0.1, -0.05) is 24.3 Å². The fourth-order valence-corrected chi connectivity index (χ4v) is 2.07. The van der Waals surface area contributed by atoms with Crippen molar-refractivity contribution in [2.45, 2.75) is 32.9 Å². The Bertz CT molecular complexity index is 702. The van der Waals surface area contributed by atoms with E-state index in [1.165, 1.54) is 4.90 Å². The van der Waals surface area contributed by atoms with Crippen LogP contribution < -0.4 is 10.6 Å². The van der Waals surface area contributed by atoms with Crippen molar-refractivity contribution in [3.63, 3.8) is 0 Å². The number of benzene rings is 1. The molecule has 1 amide bonds. The van der Waals surface area contributed by atoms with Crippen LogP contribution in [-0.2, 0) is 6.54 Å². The van der Waals surface area contributed by atoms with E-state index >= 15 is 0 Å². The van der Waals surface area contributed by atoms with Gasteiger partial charge in [-0.15, -0.1) is 11.3 Å². The Morgan fingerprint density at radius 1 is 1.32 bits per heavy atom. The van der Waals surface area contributed by atoms with Gasteiger partial charge in [-0.25, -0.2) is 9.59 Å². The summed E-state index contributed by atoms with van der Waals surface area (Å²) < 4.78 is 1.94. The van der Waals surface area contributed by atoms with Crippen molar-refractivity contribution in [3.05, 3.63) is 53.5 Å². The Morgan fingerprint density at radius 3 is 2.59 bits per heavy atom. The van der Waals surface area contributed by atoms with E-state index in [0.29, 0.717) is 18.7 Å². The molecule has 0 aliphatic rings. The van der Waals surface area contributed by atoms with Gasteiger partial charge in [0.1, 0.15) is 0 Å². The van der Waals surface area contributed by atoms with E-state index in [0.717, 1.165) is 9.36 Å². The molecule has 7 heteroatoms. The van der Waals surface area contributed by atoms with Crippen LogP contribution in [0.4, 0.5) is 10.5 Å². The second kappa shape index (κ2) is 6.84. The molecule has 0 bridgehead atoms. The van der Waals surface area contributed by atoms with Crippen LogP contribution in [0.2, 0.25) is 0 Å². The zero-order valence-corrected chi connectivity index (χ0v) is 12.7. The molecule has 116 valence electrons. The molecule has 0 radical (unpaired) electrons. The van der Waals surface area contributed by atoms with Gasteiger partial charge in [0.2, 0.25) is 0 Å². The van der Waals surface area contributed by atoms with Gasteiger partial charge in [-0.2, -0.15) is 4.68 Å². The lowest BCUT2D eigenvalue weighted by Crippen LogP contribution is -2.44. The van der Waals surface area contributed by atoms with Crippen LogP contribution in [0.5, 0.6) is 0 Å². The van der Waals surface area contributed by atoms with Crippen LogP contribution in [-0.4, -0.2) is 31.9 Å². The molecule has 2 rings (SSSR count). The van der Waals surface area contributed by atoms with Crippen LogP contribution in [0.15, 0.2) is 47.8 Å². The monoisotopic (exact) mass is 301 g/mol. The van der Waals surface area contributed by atoms with Gasteiger partial charge < -0.3 is 0 Å². The topological polar surface area (TPSA) is 73.0 Å². The highest BCUT2D eigenvalue weighted by atomic mass is 16.2. The number of para-hydroxylation sites is 1. The molecule has 2 aromatic rings. The average molecular weight is 301 g/mol. The van der Waals surface area contributed by atoms with Gasteiger partial charge in [0.25, 0.3) is 0 Å². The molecule has 0 aliphatic carbocycles. The SMILES string of the molecule is C=CCCn1nnn(C(=O)N(c2ccccc2)C(C)C)c1=O. The molecular formula is C15H19N5O2. The van der Waals surface area contributed by atoms with Crippen LogP contribution in [0.1, 0.15) is 20.3 Å². The van der Waals surface area contributed by atoms with E-state index in [4.69, 9.17) is 0 Å². The van der Waals surface area contributed by atoms with Crippen LogP contribution in [0.25, 0.3) is 0 Å². The van der Waals surface area contributed by atoms with Crippen molar-refractivity contribution < 1.29 is 4.79 Å². The first-order valence-electron chi connectivity index (χ1n) is 7.08. The summed E-state index contributed by atoms with van der Waals surface area (Å²) in [6.45, 7) is 7.69. The van der Waals surface area contributed by atoms with Gasteiger partial charge >= 0.3 is 11.7 Å². The van der Waals surface area contributed by atoms with Gasteiger partial charge in [-0.3, -0.25) is 4.90 Å².